The molecule has 4 rings (SSSR count). The number of carbonyl (C=O) groups excluding carboxylic acids is 2. The molecule has 8 nitrogen and oxygen atoms in total. The monoisotopic (exact) mass is 392 g/mol. The van der Waals surface area contributed by atoms with Gasteiger partial charge in [0.1, 0.15) is 17.5 Å². The van der Waals surface area contributed by atoms with Crippen molar-refractivity contribution in [2.45, 2.75) is 16.2 Å². The van der Waals surface area contributed by atoms with Crippen molar-refractivity contribution >= 4 is 40.9 Å². The average Bonchev–Trinajstić information content (AvgIpc) is 3.06. The van der Waals surface area contributed by atoms with Crippen molar-refractivity contribution in [2.75, 3.05) is 6.54 Å². The number of carboxylic acid groups (broad SMARTS) is 1. The van der Waals surface area contributed by atoms with E-state index in [0.29, 0.717) is 15.5 Å². The molecular formula is C16H12N2O6S2. The number of rotatable bonds is 3. The third-order valence-corrected chi connectivity index (χ3v) is 6.88. The molecule has 10 heteroatoms. The van der Waals surface area contributed by atoms with Crippen molar-refractivity contribution in [3.8, 4) is 5.75 Å². The van der Waals surface area contributed by atoms with Gasteiger partial charge >= 0.3 is 10.8 Å². The number of phenolic OH excluding ortho intramolecular Hbond substituents is 1. The number of hydrogen-bond acceptors (Lipinski definition) is 7. The fourth-order valence-electron chi connectivity index (χ4n) is 3.45. The summed E-state index contributed by atoms with van der Waals surface area (Å²) in [5, 5.41) is 18.9. The molecule has 1 saturated heterocycles. The summed E-state index contributed by atoms with van der Waals surface area (Å²) in [4.78, 5) is 52.0. The highest BCUT2D eigenvalue weighted by atomic mass is 32.2. The van der Waals surface area contributed by atoms with Crippen molar-refractivity contribution in [1.29, 1.82) is 0 Å². The topological polar surface area (TPSA) is 128 Å². The van der Waals surface area contributed by atoms with E-state index in [1.807, 2.05) is 0 Å². The number of carbonyl (C=O) groups is 3. The first-order valence-corrected chi connectivity index (χ1v) is 9.32. The quantitative estimate of drug-likeness (QED) is 0.660. The van der Waals surface area contributed by atoms with Gasteiger partial charge in [-0.2, -0.15) is 0 Å². The van der Waals surface area contributed by atoms with Crippen molar-refractivity contribution in [2.24, 2.45) is 5.92 Å². The number of aromatic hydroxyl groups is 1. The van der Waals surface area contributed by atoms with Crippen LogP contribution in [-0.4, -0.2) is 49.7 Å². The van der Waals surface area contributed by atoms with Crippen LogP contribution in [0.4, 0.5) is 0 Å². The van der Waals surface area contributed by atoms with Crippen LogP contribution in [0.5, 0.6) is 5.75 Å². The molecule has 3 N–H and O–H groups in total. The number of fused-ring (bicyclic) bond motifs is 2. The Balaban J connectivity index is 1.88. The summed E-state index contributed by atoms with van der Waals surface area (Å²) in [6.45, 7) is -0.705. The Morgan fingerprint density at radius 1 is 1.19 bits per heavy atom. The second kappa shape index (κ2) is 5.99. The zero-order valence-corrected chi connectivity index (χ0v) is 14.7. The van der Waals surface area contributed by atoms with Gasteiger partial charge in [0.2, 0.25) is 11.8 Å². The van der Waals surface area contributed by atoms with Gasteiger partial charge in [0.15, 0.2) is 0 Å². The Morgan fingerprint density at radius 2 is 1.92 bits per heavy atom. The molecule has 0 bridgehead atoms. The van der Waals surface area contributed by atoms with Crippen molar-refractivity contribution in [1.82, 2.24) is 9.88 Å². The fourth-order valence-corrected chi connectivity index (χ4v) is 5.98. The lowest BCUT2D eigenvalue weighted by Gasteiger charge is -2.30. The number of para-hydroxylation sites is 1. The minimum absolute atomic E-state index is 0.0492. The molecule has 3 heterocycles. The summed E-state index contributed by atoms with van der Waals surface area (Å²) >= 11 is 1.99. The van der Waals surface area contributed by atoms with Gasteiger partial charge in [-0.25, -0.2) is 0 Å². The molecule has 2 aromatic rings. The molecule has 1 fully saturated rings. The summed E-state index contributed by atoms with van der Waals surface area (Å²) < 4.78 is 0. The summed E-state index contributed by atoms with van der Waals surface area (Å²) in [5.74, 6) is -4.10. The maximum atomic E-state index is 12.9. The number of benzene rings is 1. The Kier molecular flexibility index (Phi) is 3.88. The number of carboxylic acids is 1. The molecule has 2 amide bonds. The Morgan fingerprint density at radius 3 is 2.62 bits per heavy atom. The predicted molar refractivity (Wildman–Crippen MR) is 92.4 cm³/mol. The number of nitrogens with zero attached hydrogens (tertiary/aromatic N) is 1. The van der Waals surface area contributed by atoms with Gasteiger partial charge in [0, 0.05) is 16.4 Å². The number of nitrogens with one attached hydrogen (secondary N) is 1. The third kappa shape index (κ3) is 2.44. The van der Waals surface area contributed by atoms with Gasteiger partial charge in [-0.1, -0.05) is 41.3 Å². The Bertz CT molecular complexity index is 997. The highest BCUT2D eigenvalue weighted by molar-refractivity contribution is 8.00. The molecule has 2 aliphatic heterocycles. The molecule has 0 saturated carbocycles. The SMILES string of the molecule is O=C(O)CN1C(=O)[C@H]2[C@H](c3ccccc3O)c3sc(=O)[nH]c3S[C@@H]2C1=O. The average molecular weight is 392 g/mol. The Labute approximate surface area is 154 Å². The molecule has 0 aliphatic carbocycles. The van der Waals surface area contributed by atoms with E-state index >= 15 is 0 Å². The standard InChI is InChI=1S/C16H12N2O6S2/c19-7-4-2-1-3-6(7)9-10-12(25-13-11(9)26-16(24)17-13)15(23)18(14(10)22)5-8(20)21/h1-4,9-10,12,19H,5H2,(H,17,24)(H,20,21)/t9-,10-,12-/m0/s1. The Hall–Kier alpha value is -2.59. The maximum Gasteiger partial charge on any atom is 0.323 e. The van der Waals surface area contributed by atoms with E-state index in [1.54, 1.807) is 18.2 Å². The van der Waals surface area contributed by atoms with Crippen molar-refractivity contribution < 1.29 is 24.6 Å². The van der Waals surface area contributed by atoms with Crippen LogP contribution in [-0.2, 0) is 14.4 Å². The van der Waals surface area contributed by atoms with Crippen LogP contribution in [0.25, 0.3) is 0 Å². The number of amides is 2. The molecule has 1 aromatic carbocycles. The number of hydrogen-bond donors (Lipinski definition) is 3. The van der Waals surface area contributed by atoms with Crippen LogP contribution in [0, 0.1) is 5.92 Å². The zero-order chi connectivity index (χ0) is 18.6. The zero-order valence-electron chi connectivity index (χ0n) is 13.0. The van der Waals surface area contributed by atoms with Crippen molar-refractivity contribution in [3.05, 3.63) is 44.4 Å². The highest BCUT2D eigenvalue weighted by Gasteiger charge is 2.56. The summed E-state index contributed by atoms with van der Waals surface area (Å²) in [6, 6.07) is 6.43. The van der Waals surface area contributed by atoms with Gasteiger partial charge in [-0.3, -0.25) is 24.1 Å². The molecule has 2 aliphatic rings. The lowest BCUT2D eigenvalue weighted by atomic mass is 9.82. The van der Waals surface area contributed by atoms with Gasteiger partial charge in [0.05, 0.1) is 10.9 Å². The first-order chi connectivity index (χ1) is 12.4. The van der Waals surface area contributed by atoms with Gasteiger partial charge in [0.25, 0.3) is 0 Å². The minimum atomic E-state index is -1.28. The normalized spacial score (nSPS) is 24.5. The molecule has 134 valence electrons. The van der Waals surface area contributed by atoms with Crippen LogP contribution in [0.2, 0.25) is 0 Å². The minimum Gasteiger partial charge on any atom is -0.508 e. The van der Waals surface area contributed by atoms with Crippen LogP contribution in [0.15, 0.2) is 34.1 Å². The molecule has 3 atom stereocenters. The van der Waals surface area contributed by atoms with E-state index < -0.39 is 41.4 Å². The molecule has 0 spiro atoms. The predicted octanol–water partition coefficient (Wildman–Crippen LogP) is 0.818. The second-order valence-corrected chi connectivity index (χ2v) is 8.13. The largest absolute Gasteiger partial charge is 0.508 e. The van der Waals surface area contributed by atoms with E-state index in [1.165, 1.54) is 6.07 Å². The van der Waals surface area contributed by atoms with E-state index in [-0.39, 0.29) is 10.6 Å². The van der Waals surface area contributed by atoms with E-state index in [9.17, 15) is 24.3 Å². The maximum absolute atomic E-state index is 12.9. The van der Waals surface area contributed by atoms with E-state index in [2.05, 4.69) is 4.98 Å². The van der Waals surface area contributed by atoms with Crippen LogP contribution >= 0.6 is 23.1 Å². The number of aromatic nitrogens is 1. The first kappa shape index (κ1) is 16.9. The summed E-state index contributed by atoms with van der Waals surface area (Å²) in [5.41, 5.74) is 0.428. The third-order valence-electron chi connectivity index (χ3n) is 4.48. The molecule has 1 aromatic heterocycles. The molecule has 26 heavy (non-hydrogen) atoms. The van der Waals surface area contributed by atoms with E-state index in [4.69, 9.17) is 5.11 Å². The lowest BCUT2D eigenvalue weighted by Crippen LogP contribution is -2.36. The number of aromatic amines is 1. The number of phenols is 1. The van der Waals surface area contributed by atoms with Crippen LogP contribution in [0.3, 0.4) is 0 Å². The van der Waals surface area contributed by atoms with Crippen molar-refractivity contribution in [3.63, 3.8) is 0 Å². The molecular weight excluding hydrogens is 380 g/mol. The first-order valence-electron chi connectivity index (χ1n) is 7.63. The smallest absolute Gasteiger partial charge is 0.323 e. The summed E-state index contributed by atoms with van der Waals surface area (Å²) in [6.07, 6.45) is 0. The van der Waals surface area contributed by atoms with Gasteiger partial charge in [-0.05, 0) is 6.07 Å². The number of thiazole rings is 1. The highest BCUT2D eigenvalue weighted by Crippen LogP contribution is 2.53. The van der Waals surface area contributed by atoms with Gasteiger partial charge in [-0.15, -0.1) is 0 Å². The van der Waals surface area contributed by atoms with E-state index in [0.717, 1.165) is 28.0 Å². The summed E-state index contributed by atoms with van der Waals surface area (Å²) in [7, 11) is 0. The van der Waals surface area contributed by atoms with Crippen LogP contribution < -0.4 is 4.87 Å². The van der Waals surface area contributed by atoms with Crippen LogP contribution in [0.1, 0.15) is 16.4 Å². The molecule has 0 unspecified atom stereocenters. The fraction of sp³-hybridized carbons (Fsp3) is 0.250. The lowest BCUT2D eigenvalue weighted by molar-refractivity contribution is -0.149. The van der Waals surface area contributed by atoms with Gasteiger partial charge < -0.3 is 15.2 Å². The molecule has 0 radical (unpaired) electrons. The number of likely N-dealkylation sites (tertiary alicyclic amines) is 1. The number of imide groups is 1. The number of aliphatic carboxylic acids is 1. The number of H-pyrrole nitrogens is 1. The number of thioether (sulfide) groups is 1. The second-order valence-electron chi connectivity index (χ2n) is 5.96.